The molecular formula is C22H21N3O2S. The molecule has 1 fully saturated rings. The number of aromatic nitrogens is 1. The molecule has 4 rings (SSSR count). The number of rotatable bonds is 6. The lowest BCUT2D eigenvalue weighted by atomic mass is 10.1. The van der Waals surface area contributed by atoms with Gasteiger partial charge in [-0.2, -0.15) is 0 Å². The molecule has 0 spiro atoms. The summed E-state index contributed by atoms with van der Waals surface area (Å²) in [6.45, 7) is 0.460. The maximum atomic E-state index is 12.7. The lowest BCUT2D eigenvalue weighted by Crippen LogP contribution is -2.27. The number of nitrogens with one attached hydrogen (secondary N) is 1. The predicted molar refractivity (Wildman–Crippen MR) is 110 cm³/mol. The Balaban J connectivity index is 1.39. The number of nitrogens with zero attached hydrogens (tertiary/aromatic N) is 2. The van der Waals surface area contributed by atoms with E-state index >= 15 is 0 Å². The normalized spacial score (nSPS) is 13.2. The first-order valence-electron chi connectivity index (χ1n) is 9.26. The summed E-state index contributed by atoms with van der Waals surface area (Å²) < 4.78 is 0. The van der Waals surface area contributed by atoms with E-state index in [1.54, 1.807) is 17.3 Å². The minimum absolute atomic E-state index is 0.0330. The summed E-state index contributed by atoms with van der Waals surface area (Å²) >= 11 is 1.47. The Morgan fingerprint density at radius 2 is 1.82 bits per heavy atom. The summed E-state index contributed by atoms with van der Waals surface area (Å²) in [6.07, 6.45) is 2.14. The second kappa shape index (κ2) is 7.94. The lowest BCUT2D eigenvalue weighted by molar-refractivity contribution is 0.0779. The van der Waals surface area contributed by atoms with Crippen LogP contribution < -0.4 is 5.32 Å². The van der Waals surface area contributed by atoms with Crippen LogP contribution in [0.5, 0.6) is 0 Å². The van der Waals surface area contributed by atoms with E-state index in [4.69, 9.17) is 0 Å². The average Bonchev–Trinajstić information content (AvgIpc) is 3.40. The molecule has 3 aromatic rings. The quantitative estimate of drug-likeness (QED) is 0.691. The van der Waals surface area contributed by atoms with Gasteiger partial charge < -0.3 is 10.2 Å². The number of carbonyl (C=O) groups excluding carboxylic acids is 2. The molecule has 6 heteroatoms. The molecule has 1 aliphatic carbocycles. The van der Waals surface area contributed by atoms with Crippen molar-refractivity contribution in [2.45, 2.75) is 25.4 Å². The van der Waals surface area contributed by atoms with Gasteiger partial charge in [-0.3, -0.25) is 9.59 Å². The van der Waals surface area contributed by atoms with Crippen molar-refractivity contribution in [3.05, 3.63) is 76.8 Å². The maximum absolute atomic E-state index is 12.7. The molecule has 1 N–H and O–H groups in total. The topological polar surface area (TPSA) is 62.3 Å². The monoisotopic (exact) mass is 391 g/mol. The van der Waals surface area contributed by atoms with Crippen molar-refractivity contribution >= 4 is 23.2 Å². The summed E-state index contributed by atoms with van der Waals surface area (Å²) in [4.78, 5) is 30.9. The molecule has 0 unspecified atom stereocenters. The van der Waals surface area contributed by atoms with Gasteiger partial charge in [-0.15, -0.1) is 11.3 Å². The molecule has 1 heterocycles. The highest BCUT2D eigenvalue weighted by Crippen LogP contribution is 2.24. The van der Waals surface area contributed by atoms with Crippen molar-refractivity contribution in [1.29, 1.82) is 0 Å². The van der Waals surface area contributed by atoms with Gasteiger partial charge in [0.1, 0.15) is 10.7 Å². The van der Waals surface area contributed by atoms with Crippen molar-refractivity contribution in [3.63, 3.8) is 0 Å². The molecule has 0 saturated heterocycles. The van der Waals surface area contributed by atoms with Crippen molar-refractivity contribution in [1.82, 2.24) is 15.2 Å². The fourth-order valence-electron chi connectivity index (χ4n) is 2.88. The Bertz CT molecular complexity index is 979. The predicted octanol–water partition coefficient (Wildman–Crippen LogP) is 3.97. The smallest absolute Gasteiger partial charge is 0.273 e. The highest BCUT2D eigenvalue weighted by atomic mass is 32.1. The third-order valence-corrected chi connectivity index (χ3v) is 5.53. The Labute approximate surface area is 168 Å². The van der Waals surface area contributed by atoms with Gasteiger partial charge in [0.25, 0.3) is 11.8 Å². The minimum atomic E-state index is -0.117. The Kier molecular flexibility index (Phi) is 5.21. The number of benzene rings is 2. The largest absolute Gasteiger partial charge is 0.349 e. The van der Waals surface area contributed by atoms with Crippen LogP contribution in [0.2, 0.25) is 0 Å². The Morgan fingerprint density at radius 1 is 1.11 bits per heavy atom. The number of thiazole rings is 1. The second-order valence-electron chi connectivity index (χ2n) is 7.01. The first kappa shape index (κ1) is 18.4. The van der Waals surface area contributed by atoms with E-state index in [0.29, 0.717) is 23.8 Å². The van der Waals surface area contributed by atoms with E-state index < -0.39 is 0 Å². The fraction of sp³-hybridized carbons (Fsp3) is 0.227. The van der Waals surface area contributed by atoms with Crippen LogP contribution >= 0.6 is 11.3 Å². The third-order valence-electron chi connectivity index (χ3n) is 4.64. The number of amides is 2. The van der Waals surface area contributed by atoms with E-state index in [1.807, 2.05) is 54.6 Å². The standard InChI is InChI=1S/C22H21N3O2S/c1-25(13-15-7-9-16(10-8-15)20(26)23-18-11-12-18)22(27)19-14-28-21(24-19)17-5-3-2-4-6-17/h2-10,14,18H,11-13H2,1H3,(H,23,26). The molecular weight excluding hydrogens is 370 g/mol. The molecule has 2 aromatic carbocycles. The van der Waals surface area contributed by atoms with E-state index in [1.165, 1.54) is 11.3 Å². The Hall–Kier alpha value is -2.99. The number of hydrogen-bond acceptors (Lipinski definition) is 4. The molecule has 2 amide bonds. The summed E-state index contributed by atoms with van der Waals surface area (Å²) in [7, 11) is 1.76. The van der Waals surface area contributed by atoms with Gasteiger partial charge in [0, 0.05) is 36.1 Å². The molecule has 5 nitrogen and oxygen atoms in total. The molecule has 0 aliphatic heterocycles. The first-order chi connectivity index (χ1) is 13.6. The van der Waals surface area contributed by atoms with Crippen molar-refractivity contribution < 1.29 is 9.59 Å². The number of carbonyl (C=O) groups is 2. The second-order valence-corrected chi connectivity index (χ2v) is 7.87. The van der Waals surface area contributed by atoms with Gasteiger partial charge in [-0.05, 0) is 30.5 Å². The molecule has 28 heavy (non-hydrogen) atoms. The molecule has 0 bridgehead atoms. The average molecular weight is 391 g/mol. The van der Waals surface area contributed by atoms with Crippen LogP contribution in [0.4, 0.5) is 0 Å². The van der Waals surface area contributed by atoms with E-state index in [2.05, 4.69) is 10.3 Å². The van der Waals surface area contributed by atoms with Gasteiger partial charge in [-0.1, -0.05) is 42.5 Å². The Morgan fingerprint density at radius 3 is 2.50 bits per heavy atom. The molecule has 0 atom stereocenters. The lowest BCUT2D eigenvalue weighted by Gasteiger charge is -2.16. The SMILES string of the molecule is CN(Cc1ccc(C(=O)NC2CC2)cc1)C(=O)c1csc(-c2ccccc2)n1. The van der Waals surface area contributed by atoms with Crippen LogP contribution in [-0.2, 0) is 6.54 Å². The van der Waals surface area contributed by atoms with Crippen LogP contribution in [0.25, 0.3) is 10.6 Å². The van der Waals surface area contributed by atoms with Gasteiger partial charge >= 0.3 is 0 Å². The van der Waals surface area contributed by atoms with Crippen molar-refractivity contribution in [2.75, 3.05) is 7.05 Å². The highest BCUT2D eigenvalue weighted by Gasteiger charge is 2.23. The van der Waals surface area contributed by atoms with E-state index in [9.17, 15) is 9.59 Å². The summed E-state index contributed by atoms with van der Waals surface area (Å²) in [5.74, 6) is -0.150. The van der Waals surface area contributed by atoms with Gasteiger partial charge in [0.05, 0.1) is 0 Å². The van der Waals surface area contributed by atoms with E-state index in [-0.39, 0.29) is 11.8 Å². The maximum Gasteiger partial charge on any atom is 0.273 e. The first-order valence-corrected chi connectivity index (χ1v) is 10.1. The zero-order valence-corrected chi connectivity index (χ0v) is 16.4. The van der Waals surface area contributed by atoms with Crippen LogP contribution in [-0.4, -0.2) is 34.8 Å². The fourth-order valence-corrected chi connectivity index (χ4v) is 3.68. The minimum Gasteiger partial charge on any atom is -0.349 e. The van der Waals surface area contributed by atoms with Crippen LogP contribution in [0, 0.1) is 0 Å². The van der Waals surface area contributed by atoms with Gasteiger partial charge in [0.15, 0.2) is 0 Å². The van der Waals surface area contributed by atoms with Crippen molar-refractivity contribution in [3.8, 4) is 10.6 Å². The van der Waals surface area contributed by atoms with Crippen molar-refractivity contribution in [2.24, 2.45) is 0 Å². The van der Waals surface area contributed by atoms with E-state index in [0.717, 1.165) is 29.0 Å². The number of hydrogen-bond donors (Lipinski definition) is 1. The van der Waals surface area contributed by atoms with Crippen LogP contribution in [0.1, 0.15) is 39.3 Å². The van der Waals surface area contributed by atoms with Crippen LogP contribution in [0.15, 0.2) is 60.0 Å². The zero-order valence-electron chi connectivity index (χ0n) is 15.6. The van der Waals surface area contributed by atoms with Crippen LogP contribution in [0.3, 0.4) is 0 Å². The summed E-state index contributed by atoms with van der Waals surface area (Å²) in [6, 6.07) is 17.6. The molecule has 142 valence electrons. The van der Waals surface area contributed by atoms with Gasteiger partial charge in [-0.25, -0.2) is 4.98 Å². The molecule has 1 saturated carbocycles. The highest BCUT2D eigenvalue weighted by molar-refractivity contribution is 7.13. The molecule has 1 aromatic heterocycles. The third kappa shape index (κ3) is 4.28. The molecule has 0 radical (unpaired) electrons. The summed E-state index contributed by atoms with van der Waals surface area (Å²) in [5.41, 5.74) is 3.08. The molecule has 1 aliphatic rings. The zero-order chi connectivity index (χ0) is 19.5. The van der Waals surface area contributed by atoms with Gasteiger partial charge in [0.2, 0.25) is 0 Å². The summed E-state index contributed by atoms with van der Waals surface area (Å²) in [5, 5.41) is 5.61.